The summed E-state index contributed by atoms with van der Waals surface area (Å²) in [5, 5.41) is 7.14. The first-order chi connectivity index (χ1) is 12.5. The number of methoxy groups -OCH3 is 1. The predicted octanol–water partition coefficient (Wildman–Crippen LogP) is 0.538. The first-order valence-electron chi connectivity index (χ1n) is 7.59. The average molecular weight is 353 g/mol. The van der Waals surface area contributed by atoms with Crippen molar-refractivity contribution >= 4 is 28.3 Å². The second kappa shape index (κ2) is 7.01. The molecule has 0 saturated carbocycles. The van der Waals surface area contributed by atoms with Crippen LogP contribution in [0, 0.1) is 0 Å². The molecule has 0 saturated heterocycles. The summed E-state index contributed by atoms with van der Waals surface area (Å²) in [7, 11) is 1.48. The molecule has 2 amide bonds. The Morgan fingerprint density at radius 3 is 2.54 bits per heavy atom. The van der Waals surface area contributed by atoms with Gasteiger partial charge in [-0.05, 0) is 12.1 Å². The molecule has 0 bridgehead atoms. The maximum Gasteiger partial charge on any atom is 0.275 e. The van der Waals surface area contributed by atoms with Crippen molar-refractivity contribution in [1.29, 1.82) is 0 Å². The van der Waals surface area contributed by atoms with E-state index in [0.717, 1.165) is 4.68 Å². The summed E-state index contributed by atoms with van der Waals surface area (Å²) in [4.78, 5) is 40.3. The lowest BCUT2D eigenvalue weighted by atomic mass is 10.1. The van der Waals surface area contributed by atoms with Crippen molar-refractivity contribution in [3.63, 3.8) is 0 Å². The van der Waals surface area contributed by atoms with Crippen LogP contribution in [0.25, 0.3) is 10.8 Å². The lowest BCUT2D eigenvalue weighted by molar-refractivity contribution is -0.117. The van der Waals surface area contributed by atoms with Crippen molar-refractivity contribution in [2.75, 3.05) is 12.4 Å². The van der Waals surface area contributed by atoms with Crippen molar-refractivity contribution in [3.8, 4) is 5.88 Å². The van der Waals surface area contributed by atoms with Gasteiger partial charge in [0.2, 0.25) is 11.8 Å². The third-order valence-electron chi connectivity index (χ3n) is 3.62. The second-order valence-corrected chi connectivity index (χ2v) is 5.36. The minimum Gasteiger partial charge on any atom is -0.481 e. The molecule has 0 spiro atoms. The zero-order valence-electron chi connectivity index (χ0n) is 13.8. The number of hydrogen-bond donors (Lipinski definition) is 2. The molecule has 9 heteroatoms. The van der Waals surface area contributed by atoms with E-state index in [0.29, 0.717) is 17.0 Å². The quantitative estimate of drug-likeness (QED) is 0.688. The minimum absolute atomic E-state index is 0.0703. The fraction of sp³-hybridized carbons (Fsp3) is 0.118. The van der Waals surface area contributed by atoms with Crippen LogP contribution in [0.3, 0.4) is 0 Å². The van der Waals surface area contributed by atoms with E-state index < -0.39 is 17.4 Å². The third kappa shape index (κ3) is 3.36. The molecule has 2 aromatic heterocycles. The molecule has 1 aromatic carbocycles. The summed E-state index contributed by atoms with van der Waals surface area (Å²) in [5.74, 6) is -0.881. The minimum atomic E-state index is -0.783. The molecule has 0 aliphatic heterocycles. The Labute approximate surface area is 147 Å². The monoisotopic (exact) mass is 353 g/mol. The number of nitrogens with zero attached hydrogens (tertiary/aromatic N) is 3. The van der Waals surface area contributed by atoms with Crippen LogP contribution in [0.4, 0.5) is 5.69 Å². The smallest absolute Gasteiger partial charge is 0.275 e. The Morgan fingerprint density at radius 1 is 1.19 bits per heavy atom. The van der Waals surface area contributed by atoms with E-state index in [9.17, 15) is 14.4 Å². The number of pyridine rings is 1. The van der Waals surface area contributed by atoms with Crippen LogP contribution >= 0.6 is 0 Å². The van der Waals surface area contributed by atoms with Gasteiger partial charge in [-0.15, -0.1) is 0 Å². The van der Waals surface area contributed by atoms with E-state index in [-0.39, 0.29) is 17.6 Å². The predicted molar refractivity (Wildman–Crippen MR) is 93.9 cm³/mol. The molecule has 0 aliphatic carbocycles. The SMILES string of the molecule is COc1ccc(NC(=O)Cn2nc(C(N)=O)c3ccccc3c2=O)cn1. The number of primary amides is 1. The number of fused-ring (bicyclic) bond motifs is 1. The number of amides is 2. The van der Waals surface area contributed by atoms with Gasteiger partial charge in [0, 0.05) is 11.5 Å². The van der Waals surface area contributed by atoms with Gasteiger partial charge in [-0.1, -0.05) is 18.2 Å². The summed E-state index contributed by atoms with van der Waals surface area (Å²) < 4.78 is 5.85. The van der Waals surface area contributed by atoms with Gasteiger partial charge >= 0.3 is 0 Å². The van der Waals surface area contributed by atoms with Gasteiger partial charge in [-0.2, -0.15) is 5.10 Å². The van der Waals surface area contributed by atoms with E-state index in [1.807, 2.05) is 0 Å². The fourth-order valence-corrected chi connectivity index (χ4v) is 2.44. The van der Waals surface area contributed by atoms with Crippen LogP contribution in [-0.4, -0.2) is 33.7 Å². The Kier molecular flexibility index (Phi) is 4.61. The molecule has 0 radical (unpaired) electrons. The Balaban J connectivity index is 1.90. The van der Waals surface area contributed by atoms with Gasteiger partial charge in [0.05, 0.1) is 24.4 Å². The number of ether oxygens (including phenoxy) is 1. The van der Waals surface area contributed by atoms with Crippen LogP contribution in [0.5, 0.6) is 5.88 Å². The van der Waals surface area contributed by atoms with Gasteiger partial charge in [0.25, 0.3) is 11.5 Å². The van der Waals surface area contributed by atoms with Crippen molar-refractivity contribution < 1.29 is 14.3 Å². The van der Waals surface area contributed by atoms with E-state index >= 15 is 0 Å². The maximum atomic E-state index is 12.5. The van der Waals surface area contributed by atoms with E-state index in [4.69, 9.17) is 10.5 Å². The lowest BCUT2D eigenvalue weighted by Crippen LogP contribution is -2.32. The summed E-state index contributed by atoms with van der Waals surface area (Å²) in [5.41, 5.74) is 5.21. The number of anilines is 1. The van der Waals surface area contributed by atoms with Crippen LogP contribution in [0.15, 0.2) is 47.4 Å². The highest BCUT2D eigenvalue weighted by atomic mass is 16.5. The normalized spacial score (nSPS) is 10.5. The summed E-state index contributed by atoms with van der Waals surface area (Å²) in [6.07, 6.45) is 1.42. The molecule has 0 aliphatic rings. The molecule has 3 rings (SSSR count). The number of rotatable bonds is 5. The van der Waals surface area contributed by atoms with Gasteiger partial charge in [0.1, 0.15) is 6.54 Å². The Morgan fingerprint density at radius 2 is 1.92 bits per heavy atom. The van der Waals surface area contributed by atoms with Crippen LogP contribution in [0.1, 0.15) is 10.5 Å². The highest BCUT2D eigenvalue weighted by Gasteiger charge is 2.16. The van der Waals surface area contributed by atoms with E-state index in [2.05, 4.69) is 15.4 Å². The van der Waals surface area contributed by atoms with E-state index in [1.54, 1.807) is 36.4 Å². The molecule has 2 heterocycles. The fourth-order valence-electron chi connectivity index (χ4n) is 2.44. The number of carbonyl (C=O) groups is 2. The molecule has 132 valence electrons. The molecule has 9 nitrogen and oxygen atoms in total. The number of nitrogens with two attached hydrogens (primary N) is 1. The number of benzene rings is 1. The molecule has 0 unspecified atom stereocenters. The van der Waals surface area contributed by atoms with Crippen LogP contribution in [-0.2, 0) is 11.3 Å². The zero-order chi connectivity index (χ0) is 18.7. The third-order valence-corrected chi connectivity index (χ3v) is 3.62. The van der Waals surface area contributed by atoms with Crippen LogP contribution in [0.2, 0.25) is 0 Å². The maximum absolute atomic E-state index is 12.5. The van der Waals surface area contributed by atoms with Crippen molar-refractivity contribution in [3.05, 3.63) is 58.6 Å². The summed E-state index contributed by atoms with van der Waals surface area (Å²) >= 11 is 0. The lowest BCUT2D eigenvalue weighted by Gasteiger charge is -2.10. The van der Waals surface area contributed by atoms with Crippen molar-refractivity contribution in [2.24, 2.45) is 5.73 Å². The molecular weight excluding hydrogens is 338 g/mol. The largest absolute Gasteiger partial charge is 0.481 e. The standard InChI is InChI=1S/C17H15N5O4/c1-26-14-7-6-10(8-19-14)20-13(23)9-22-17(25)12-5-3-2-4-11(12)15(21-22)16(18)24/h2-8H,9H2,1H3,(H2,18,24)(H,20,23). The molecular formula is C17H15N5O4. The highest BCUT2D eigenvalue weighted by molar-refractivity contribution is 6.04. The summed E-state index contributed by atoms with van der Waals surface area (Å²) in [6.45, 7) is -0.379. The number of hydrogen-bond acceptors (Lipinski definition) is 6. The highest BCUT2D eigenvalue weighted by Crippen LogP contribution is 2.13. The number of carbonyl (C=O) groups excluding carboxylic acids is 2. The van der Waals surface area contributed by atoms with Gasteiger partial charge < -0.3 is 15.8 Å². The molecule has 3 N–H and O–H groups in total. The molecule has 3 aromatic rings. The molecule has 26 heavy (non-hydrogen) atoms. The van der Waals surface area contributed by atoms with Crippen molar-refractivity contribution in [2.45, 2.75) is 6.54 Å². The first kappa shape index (κ1) is 17.1. The van der Waals surface area contributed by atoms with Gasteiger partial charge in [-0.3, -0.25) is 14.4 Å². The van der Waals surface area contributed by atoms with Crippen molar-refractivity contribution in [1.82, 2.24) is 14.8 Å². The number of aromatic nitrogens is 3. The molecule has 0 atom stereocenters. The van der Waals surface area contributed by atoms with Crippen LogP contribution < -0.4 is 21.3 Å². The average Bonchev–Trinajstić information content (AvgIpc) is 2.64. The zero-order valence-corrected chi connectivity index (χ0v) is 13.8. The topological polar surface area (TPSA) is 129 Å². The Hall–Kier alpha value is -3.75. The second-order valence-electron chi connectivity index (χ2n) is 5.36. The first-order valence-corrected chi connectivity index (χ1v) is 7.59. The van der Waals surface area contributed by atoms with Gasteiger partial charge in [0.15, 0.2) is 5.69 Å². The van der Waals surface area contributed by atoms with E-state index in [1.165, 1.54) is 13.3 Å². The van der Waals surface area contributed by atoms with Gasteiger partial charge in [-0.25, -0.2) is 9.67 Å². The molecule has 0 fully saturated rings. The summed E-state index contributed by atoms with van der Waals surface area (Å²) in [6, 6.07) is 9.65. The Bertz CT molecular complexity index is 1040. The number of nitrogens with one attached hydrogen (secondary N) is 1.